The number of alkyl halides is 1. The van der Waals surface area contributed by atoms with Gasteiger partial charge in [0.15, 0.2) is 0 Å². The van der Waals surface area contributed by atoms with Crippen LogP contribution in [-0.4, -0.2) is 11.1 Å². The number of carbonyl (C=O) groups is 1. The average molecular weight is 296 g/mol. The standard InChI is InChI=1S/C10H9BrClFO2/c11-7-5-6(1-3-9(7)13)8(12)2-4-10(14)15/h1,3,5,8H,2,4H2,(H,14,15). The van der Waals surface area contributed by atoms with Crippen molar-refractivity contribution in [1.82, 2.24) is 0 Å². The van der Waals surface area contributed by atoms with Crippen molar-refractivity contribution < 1.29 is 14.3 Å². The Bertz CT molecular complexity index is 370. The lowest BCUT2D eigenvalue weighted by Gasteiger charge is -2.08. The number of carboxylic acid groups (broad SMARTS) is 1. The lowest BCUT2D eigenvalue weighted by Crippen LogP contribution is -1.98. The monoisotopic (exact) mass is 294 g/mol. The molecule has 0 aromatic heterocycles. The molecule has 0 saturated heterocycles. The predicted octanol–water partition coefficient (Wildman–Crippen LogP) is 3.73. The summed E-state index contributed by atoms with van der Waals surface area (Å²) >= 11 is 9.01. The summed E-state index contributed by atoms with van der Waals surface area (Å²) < 4.78 is 13.2. The van der Waals surface area contributed by atoms with Gasteiger partial charge in [-0.3, -0.25) is 4.79 Å². The minimum Gasteiger partial charge on any atom is -0.481 e. The number of halogens is 3. The molecule has 0 heterocycles. The van der Waals surface area contributed by atoms with E-state index in [1.54, 1.807) is 12.1 Å². The molecule has 1 unspecified atom stereocenters. The Morgan fingerprint density at radius 1 is 1.60 bits per heavy atom. The van der Waals surface area contributed by atoms with Crippen LogP contribution in [0.5, 0.6) is 0 Å². The molecule has 0 bridgehead atoms. The first kappa shape index (κ1) is 12.5. The molecule has 0 aliphatic rings. The molecule has 1 rings (SSSR count). The highest BCUT2D eigenvalue weighted by atomic mass is 79.9. The molecular weight excluding hydrogens is 286 g/mol. The van der Waals surface area contributed by atoms with E-state index in [2.05, 4.69) is 15.9 Å². The van der Waals surface area contributed by atoms with Crippen molar-refractivity contribution in [2.45, 2.75) is 18.2 Å². The minimum atomic E-state index is -0.887. The number of hydrogen-bond acceptors (Lipinski definition) is 1. The molecule has 0 aliphatic carbocycles. The van der Waals surface area contributed by atoms with Gasteiger partial charge in [0.2, 0.25) is 0 Å². The smallest absolute Gasteiger partial charge is 0.303 e. The third kappa shape index (κ3) is 3.80. The van der Waals surface area contributed by atoms with Crippen LogP contribution in [0.15, 0.2) is 22.7 Å². The van der Waals surface area contributed by atoms with Crippen LogP contribution < -0.4 is 0 Å². The van der Waals surface area contributed by atoms with E-state index in [0.29, 0.717) is 16.5 Å². The number of benzene rings is 1. The molecule has 0 aliphatic heterocycles. The van der Waals surface area contributed by atoms with Gasteiger partial charge in [0.25, 0.3) is 0 Å². The fourth-order valence-corrected chi connectivity index (χ4v) is 1.77. The number of aliphatic carboxylic acids is 1. The molecule has 2 nitrogen and oxygen atoms in total. The molecule has 1 atom stereocenters. The van der Waals surface area contributed by atoms with Gasteiger partial charge in [-0.2, -0.15) is 0 Å². The molecule has 0 saturated carbocycles. The molecule has 0 radical (unpaired) electrons. The molecule has 5 heteroatoms. The second-order valence-electron chi connectivity index (χ2n) is 3.07. The van der Waals surface area contributed by atoms with Crippen LogP contribution in [0.25, 0.3) is 0 Å². The van der Waals surface area contributed by atoms with Crippen molar-refractivity contribution in [2.24, 2.45) is 0 Å². The maximum Gasteiger partial charge on any atom is 0.303 e. The van der Waals surface area contributed by atoms with E-state index in [4.69, 9.17) is 16.7 Å². The maximum atomic E-state index is 12.9. The van der Waals surface area contributed by atoms with Crippen molar-refractivity contribution in [3.63, 3.8) is 0 Å². The van der Waals surface area contributed by atoms with Gasteiger partial charge >= 0.3 is 5.97 Å². The van der Waals surface area contributed by atoms with Gasteiger partial charge in [-0.1, -0.05) is 6.07 Å². The Balaban J connectivity index is 2.69. The quantitative estimate of drug-likeness (QED) is 0.859. The van der Waals surface area contributed by atoms with Crippen molar-refractivity contribution in [3.05, 3.63) is 34.1 Å². The zero-order valence-electron chi connectivity index (χ0n) is 7.71. The van der Waals surface area contributed by atoms with Crippen LogP contribution in [0.2, 0.25) is 0 Å². The van der Waals surface area contributed by atoms with Crippen LogP contribution >= 0.6 is 27.5 Å². The SMILES string of the molecule is O=C(O)CCC(Cl)c1ccc(F)c(Br)c1. The molecule has 1 aromatic carbocycles. The Morgan fingerprint density at radius 2 is 2.27 bits per heavy atom. The third-order valence-electron chi connectivity index (χ3n) is 1.92. The number of carboxylic acids is 1. The highest BCUT2D eigenvalue weighted by Gasteiger charge is 2.11. The lowest BCUT2D eigenvalue weighted by atomic mass is 10.1. The first-order chi connectivity index (χ1) is 7.00. The van der Waals surface area contributed by atoms with Crippen molar-refractivity contribution >= 4 is 33.5 Å². The van der Waals surface area contributed by atoms with Crippen LogP contribution in [-0.2, 0) is 4.79 Å². The van der Waals surface area contributed by atoms with E-state index in [1.165, 1.54) is 6.07 Å². The summed E-state index contributed by atoms with van der Waals surface area (Å²) in [7, 11) is 0. The van der Waals surface area contributed by atoms with Crippen LogP contribution in [0, 0.1) is 5.82 Å². The van der Waals surface area contributed by atoms with Gasteiger partial charge in [0.1, 0.15) is 5.82 Å². The van der Waals surface area contributed by atoms with Gasteiger partial charge in [-0.05, 0) is 40.0 Å². The topological polar surface area (TPSA) is 37.3 Å². The molecule has 1 N–H and O–H groups in total. The molecule has 0 spiro atoms. The Labute approximate surface area is 100 Å². The lowest BCUT2D eigenvalue weighted by molar-refractivity contribution is -0.137. The van der Waals surface area contributed by atoms with Gasteiger partial charge in [-0.15, -0.1) is 11.6 Å². The second-order valence-corrected chi connectivity index (χ2v) is 4.45. The van der Waals surface area contributed by atoms with Crippen molar-refractivity contribution in [3.8, 4) is 0 Å². The van der Waals surface area contributed by atoms with E-state index < -0.39 is 11.3 Å². The summed E-state index contributed by atoms with van der Waals surface area (Å²) in [5, 5.41) is 8.08. The fraction of sp³-hybridized carbons (Fsp3) is 0.300. The molecule has 0 amide bonds. The first-order valence-corrected chi connectivity index (χ1v) is 5.54. The van der Waals surface area contributed by atoms with Gasteiger partial charge in [0.05, 0.1) is 9.85 Å². The Kier molecular flexibility index (Phi) is 4.54. The summed E-state index contributed by atoms with van der Waals surface area (Å²) in [5.74, 6) is -1.25. The average Bonchev–Trinajstić information content (AvgIpc) is 2.18. The van der Waals surface area contributed by atoms with E-state index >= 15 is 0 Å². The Hall–Kier alpha value is -0.610. The van der Waals surface area contributed by atoms with Crippen molar-refractivity contribution in [1.29, 1.82) is 0 Å². The number of hydrogen-bond donors (Lipinski definition) is 1. The van der Waals surface area contributed by atoms with Gasteiger partial charge in [-0.25, -0.2) is 4.39 Å². The molecule has 1 aromatic rings. The van der Waals surface area contributed by atoms with E-state index in [0.717, 1.165) is 0 Å². The summed E-state index contributed by atoms with van der Waals surface area (Å²) in [6, 6.07) is 4.42. The summed E-state index contributed by atoms with van der Waals surface area (Å²) in [4.78, 5) is 10.3. The largest absolute Gasteiger partial charge is 0.481 e. The van der Waals surface area contributed by atoms with Crippen LogP contribution in [0.1, 0.15) is 23.8 Å². The molecule has 0 fully saturated rings. The molecular formula is C10H9BrClFO2. The van der Waals surface area contributed by atoms with Gasteiger partial charge in [0, 0.05) is 6.42 Å². The highest BCUT2D eigenvalue weighted by molar-refractivity contribution is 9.10. The second kappa shape index (κ2) is 5.47. The van der Waals surface area contributed by atoms with Gasteiger partial charge < -0.3 is 5.11 Å². The van der Waals surface area contributed by atoms with Crippen LogP contribution in [0.3, 0.4) is 0 Å². The fourth-order valence-electron chi connectivity index (χ4n) is 1.12. The van der Waals surface area contributed by atoms with E-state index in [1.807, 2.05) is 0 Å². The zero-order chi connectivity index (χ0) is 11.4. The zero-order valence-corrected chi connectivity index (χ0v) is 10.1. The van der Waals surface area contributed by atoms with Crippen molar-refractivity contribution in [2.75, 3.05) is 0 Å². The molecule has 15 heavy (non-hydrogen) atoms. The number of rotatable bonds is 4. The third-order valence-corrected chi connectivity index (χ3v) is 2.99. The van der Waals surface area contributed by atoms with E-state index in [9.17, 15) is 9.18 Å². The summed E-state index contributed by atoms with van der Waals surface area (Å²) in [5.41, 5.74) is 0.714. The first-order valence-electron chi connectivity index (χ1n) is 4.31. The highest BCUT2D eigenvalue weighted by Crippen LogP contribution is 2.28. The Morgan fingerprint density at radius 3 is 2.80 bits per heavy atom. The summed E-state index contributed by atoms with van der Waals surface area (Å²) in [6.45, 7) is 0. The molecule has 82 valence electrons. The normalized spacial score (nSPS) is 12.5. The summed E-state index contributed by atoms with van der Waals surface area (Å²) in [6.07, 6.45) is 0.331. The predicted molar refractivity (Wildman–Crippen MR) is 59.6 cm³/mol. The van der Waals surface area contributed by atoms with Crippen LogP contribution in [0.4, 0.5) is 4.39 Å². The maximum absolute atomic E-state index is 12.9. The van der Waals surface area contributed by atoms with E-state index in [-0.39, 0.29) is 12.2 Å². The minimum absolute atomic E-state index is 0.00314.